The van der Waals surface area contributed by atoms with E-state index in [-0.39, 0.29) is 6.54 Å². The quantitative estimate of drug-likeness (QED) is 0.639. The Morgan fingerprint density at radius 2 is 2.35 bits per heavy atom. The number of aromatic nitrogens is 3. The van der Waals surface area contributed by atoms with Crippen LogP contribution in [0.15, 0.2) is 23.1 Å². The van der Waals surface area contributed by atoms with Gasteiger partial charge in [-0.25, -0.2) is 0 Å². The SMILES string of the molecule is CCCNc1snnc1Cn1cccc([N+](=O)[O-])c1=O. The van der Waals surface area contributed by atoms with Crippen LogP contribution in [0.2, 0.25) is 0 Å². The number of nitrogens with zero attached hydrogens (tertiary/aromatic N) is 4. The van der Waals surface area contributed by atoms with Gasteiger partial charge in [0.05, 0.1) is 11.5 Å². The number of rotatable bonds is 6. The minimum absolute atomic E-state index is 0.156. The summed E-state index contributed by atoms with van der Waals surface area (Å²) in [5.74, 6) is 0. The molecule has 0 aliphatic rings. The van der Waals surface area contributed by atoms with E-state index in [4.69, 9.17) is 0 Å². The molecular formula is C11H13N5O3S. The highest BCUT2D eigenvalue weighted by Crippen LogP contribution is 2.18. The third-order valence-corrected chi connectivity index (χ3v) is 3.33. The van der Waals surface area contributed by atoms with Crippen molar-refractivity contribution in [1.29, 1.82) is 0 Å². The van der Waals surface area contributed by atoms with Crippen molar-refractivity contribution < 1.29 is 4.92 Å². The van der Waals surface area contributed by atoms with Gasteiger partial charge in [0, 0.05) is 30.3 Å². The van der Waals surface area contributed by atoms with Crippen LogP contribution in [-0.4, -0.2) is 25.6 Å². The van der Waals surface area contributed by atoms with E-state index in [9.17, 15) is 14.9 Å². The molecule has 0 amide bonds. The van der Waals surface area contributed by atoms with Crippen molar-refractivity contribution in [2.24, 2.45) is 0 Å². The molecule has 2 aromatic rings. The first-order valence-corrected chi connectivity index (χ1v) is 6.79. The average molecular weight is 295 g/mol. The fourth-order valence-electron chi connectivity index (χ4n) is 1.63. The van der Waals surface area contributed by atoms with E-state index < -0.39 is 16.2 Å². The topological polar surface area (TPSA) is 103 Å². The van der Waals surface area contributed by atoms with Gasteiger partial charge in [0.25, 0.3) is 0 Å². The van der Waals surface area contributed by atoms with Gasteiger partial charge >= 0.3 is 11.2 Å². The summed E-state index contributed by atoms with van der Waals surface area (Å²) in [6, 6.07) is 2.66. The maximum Gasteiger partial charge on any atom is 0.334 e. The third kappa shape index (κ3) is 2.99. The van der Waals surface area contributed by atoms with Crippen molar-refractivity contribution in [1.82, 2.24) is 14.2 Å². The zero-order valence-electron chi connectivity index (χ0n) is 10.8. The van der Waals surface area contributed by atoms with Crippen LogP contribution < -0.4 is 10.9 Å². The molecule has 2 heterocycles. The maximum absolute atomic E-state index is 11.9. The molecule has 0 aliphatic heterocycles. The summed E-state index contributed by atoms with van der Waals surface area (Å²) in [5, 5.41) is 18.6. The van der Waals surface area contributed by atoms with Crippen molar-refractivity contribution in [2.75, 3.05) is 11.9 Å². The van der Waals surface area contributed by atoms with Crippen LogP contribution in [0.3, 0.4) is 0 Å². The summed E-state index contributed by atoms with van der Waals surface area (Å²) in [7, 11) is 0. The fourth-order valence-corrected chi connectivity index (χ4v) is 2.23. The number of nitro groups is 1. The molecular weight excluding hydrogens is 282 g/mol. The van der Waals surface area contributed by atoms with Gasteiger partial charge in [0.1, 0.15) is 10.7 Å². The van der Waals surface area contributed by atoms with Gasteiger partial charge in [-0.05, 0) is 12.5 Å². The second-order valence-corrected chi connectivity index (χ2v) is 4.81. The standard InChI is InChI=1S/C11H13N5O3S/c1-2-5-12-10-8(13-14-20-10)7-15-6-3-4-9(11(15)17)16(18)19/h3-4,6,12H,2,5,7H2,1H3. The molecule has 20 heavy (non-hydrogen) atoms. The summed E-state index contributed by atoms with van der Waals surface area (Å²) in [5.41, 5.74) is -0.489. The first-order chi connectivity index (χ1) is 9.63. The first kappa shape index (κ1) is 14.1. The van der Waals surface area contributed by atoms with Gasteiger partial charge in [-0.15, -0.1) is 5.10 Å². The molecule has 1 N–H and O–H groups in total. The van der Waals surface area contributed by atoms with Gasteiger partial charge in [-0.1, -0.05) is 11.4 Å². The van der Waals surface area contributed by atoms with Crippen LogP contribution in [-0.2, 0) is 6.54 Å². The van der Waals surface area contributed by atoms with E-state index in [0.717, 1.165) is 18.0 Å². The van der Waals surface area contributed by atoms with Crippen LogP contribution in [0, 0.1) is 10.1 Å². The number of anilines is 1. The van der Waals surface area contributed by atoms with Crippen molar-refractivity contribution in [2.45, 2.75) is 19.9 Å². The summed E-state index contributed by atoms with van der Waals surface area (Å²) >= 11 is 1.20. The monoisotopic (exact) mass is 295 g/mol. The number of pyridine rings is 1. The largest absolute Gasteiger partial charge is 0.374 e. The first-order valence-electron chi connectivity index (χ1n) is 6.02. The lowest BCUT2D eigenvalue weighted by atomic mass is 10.3. The highest BCUT2D eigenvalue weighted by Gasteiger charge is 2.15. The van der Waals surface area contributed by atoms with Crippen LogP contribution in [0.5, 0.6) is 0 Å². The van der Waals surface area contributed by atoms with Crippen molar-refractivity contribution in [3.63, 3.8) is 0 Å². The van der Waals surface area contributed by atoms with E-state index in [0.29, 0.717) is 5.69 Å². The Hall–Kier alpha value is -2.29. The Morgan fingerprint density at radius 1 is 1.55 bits per heavy atom. The predicted octanol–water partition coefficient (Wildman–Crippen LogP) is 1.48. The molecule has 0 bridgehead atoms. The van der Waals surface area contributed by atoms with E-state index in [1.807, 2.05) is 6.92 Å². The van der Waals surface area contributed by atoms with Gasteiger partial charge in [0.15, 0.2) is 0 Å². The molecule has 0 radical (unpaired) electrons. The molecule has 2 rings (SSSR count). The number of hydrogen-bond donors (Lipinski definition) is 1. The Bertz CT molecular complexity index is 666. The molecule has 0 atom stereocenters. The smallest absolute Gasteiger partial charge is 0.334 e. The second-order valence-electron chi connectivity index (χ2n) is 4.06. The zero-order valence-corrected chi connectivity index (χ0v) is 11.6. The average Bonchev–Trinajstić information content (AvgIpc) is 2.85. The maximum atomic E-state index is 11.9. The summed E-state index contributed by atoms with van der Waals surface area (Å²) in [6.07, 6.45) is 2.45. The van der Waals surface area contributed by atoms with E-state index in [2.05, 4.69) is 14.9 Å². The Balaban J connectivity index is 2.27. The molecule has 0 fully saturated rings. The molecule has 0 saturated carbocycles. The Morgan fingerprint density at radius 3 is 3.05 bits per heavy atom. The normalized spacial score (nSPS) is 10.4. The van der Waals surface area contributed by atoms with Gasteiger partial charge in [-0.3, -0.25) is 14.9 Å². The highest BCUT2D eigenvalue weighted by molar-refractivity contribution is 7.10. The summed E-state index contributed by atoms with van der Waals surface area (Å²) in [6.45, 7) is 2.97. The van der Waals surface area contributed by atoms with Gasteiger partial charge in [0.2, 0.25) is 0 Å². The van der Waals surface area contributed by atoms with E-state index in [1.165, 1.54) is 34.4 Å². The van der Waals surface area contributed by atoms with Crippen molar-refractivity contribution >= 4 is 22.2 Å². The van der Waals surface area contributed by atoms with Crippen molar-refractivity contribution in [3.8, 4) is 0 Å². The number of nitrogens with one attached hydrogen (secondary N) is 1. The molecule has 0 aliphatic carbocycles. The number of hydrogen-bond acceptors (Lipinski definition) is 7. The van der Waals surface area contributed by atoms with Crippen LogP contribution in [0.25, 0.3) is 0 Å². The molecule has 0 aromatic carbocycles. The minimum atomic E-state index is -0.686. The van der Waals surface area contributed by atoms with Crippen LogP contribution in [0.1, 0.15) is 19.0 Å². The lowest BCUT2D eigenvalue weighted by molar-refractivity contribution is -0.386. The lowest BCUT2D eigenvalue weighted by Gasteiger charge is -2.05. The van der Waals surface area contributed by atoms with E-state index in [1.54, 1.807) is 0 Å². The summed E-state index contributed by atoms with van der Waals surface area (Å²) < 4.78 is 5.09. The molecule has 0 unspecified atom stereocenters. The predicted molar refractivity (Wildman–Crippen MR) is 75.1 cm³/mol. The zero-order chi connectivity index (χ0) is 14.5. The second kappa shape index (κ2) is 6.24. The molecule has 0 saturated heterocycles. The highest BCUT2D eigenvalue weighted by atomic mass is 32.1. The lowest BCUT2D eigenvalue weighted by Crippen LogP contribution is -2.22. The molecule has 106 valence electrons. The third-order valence-electron chi connectivity index (χ3n) is 2.61. The fraction of sp³-hybridized carbons (Fsp3) is 0.364. The Kier molecular flexibility index (Phi) is 4.41. The van der Waals surface area contributed by atoms with Crippen LogP contribution in [0.4, 0.5) is 10.7 Å². The van der Waals surface area contributed by atoms with E-state index >= 15 is 0 Å². The van der Waals surface area contributed by atoms with Crippen LogP contribution >= 0.6 is 11.5 Å². The molecule has 8 nitrogen and oxygen atoms in total. The molecule has 2 aromatic heterocycles. The van der Waals surface area contributed by atoms with Crippen molar-refractivity contribution in [3.05, 3.63) is 44.5 Å². The summed E-state index contributed by atoms with van der Waals surface area (Å²) in [4.78, 5) is 22.0. The Labute approximate surface area is 118 Å². The molecule has 0 spiro atoms. The van der Waals surface area contributed by atoms with Gasteiger partial charge in [-0.2, -0.15) is 0 Å². The molecule has 9 heteroatoms. The van der Waals surface area contributed by atoms with Gasteiger partial charge < -0.3 is 9.88 Å². The minimum Gasteiger partial charge on any atom is -0.374 e.